The standard InChI is InChI=1S/C25H34N4O3/c1-2-19-9-6-10-21(13-19)15-26-16-23(30)22(14-20-7-4-3-5-8-20)28-25(32)18-29-12-11-27-24(31)17-29/h3-10,13,22-23,26,30H,2,11-12,14-18H2,1H3,(H,27,31)(H,28,32)/t22-,23-/m0/s1. The van der Waals surface area contributed by atoms with Crippen LogP contribution in [0.3, 0.4) is 0 Å². The van der Waals surface area contributed by atoms with Gasteiger partial charge in [0.2, 0.25) is 11.8 Å². The van der Waals surface area contributed by atoms with Gasteiger partial charge in [-0.3, -0.25) is 14.5 Å². The second-order valence-electron chi connectivity index (χ2n) is 8.30. The van der Waals surface area contributed by atoms with E-state index in [-0.39, 0.29) is 24.9 Å². The average molecular weight is 439 g/mol. The summed E-state index contributed by atoms with van der Waals surface area (Å²) in [7, 11) is 0. The summed E-state index contributed by atoms with van der Waals surface area (Å²) in [4.78, 5) is 26.1. The number of rotatable bonds is 11. The maximum Gasteiger partial charge on any atom is 0.234 e. The van der Waals surface area contributed by atoms with Crippen molar-refractivity contribution in [3.05, 3.63) is 71.3 Å². The molecule has 7 nitrogen and oxygen atoms in total. The summed E-state index contributed by atoms with van der Waals surface area (Å²) in [6, 6.07) is 17.8. The van der Waals surface area contributed by atoms with Crippen LogP contribution in [0.25, 0.3) is 0 Å². The van der Waals surface area contributed by atoms with Crippen molar-refractivity contribution in [2.45, 2.75) is 38.5 Å². The zero-order valence-corrected chi connectivity index (χ0v) is 18.7. The van der Waals surface area contributed by atoms with Gasteiger partial charge in [0.1, 0.15) is 0 Å². The quantitative estimate of drug-likeness (QED) is 0.418. The zero-order chi connectivity index (χ0) is 22.8. The molecule has 1 fully saturated rings. The van der Waals surface area contributed by atoms with E-state index in [1.54, 1.807) is 0 Å². The lowest BCUT2D eigenvalue weighted by Gasteiger charge is -2.28. The first-order valence-electron chi connectivity index (χ1n) is 11.3. The number of aliphatic hydroxyl groups is 1. The van der Waals surface area contributed by atoms with E-state index >= 15 is 0 Å². The average Bonchev–Trinajstić information content (AvgIpc) is 2.79. The van der Waals surface area contributed by atoms with Crippen molar-refractivity contribution >= 4 is 11.8 Å². The Morgan fingerprint density at radius 2 is 1.88 bits per heavy atom. The Morgan fingerprint density at radius 3 is 2.62 bits per heavy atom. The van der Waals surface area contributed by atoms with Gasteiger partial charge in [0.15, 0.2) is 0 Å². The molecule has 2 atom stereocenters. The van der Waals surface area contributed by atoms with Crippen LogP contribution in [0.5, 0.6) is 0 Å². The fraction of sp³-hybridized carbons (Fsp3) is 0.440. The molecule has 0 bridgehead atoms. The van der Waals surface area contributed by atoms with Gasteiger partial charge in [0, 0.05) is 26.2 Å². The second kappa shape index (κ2) is 12.3. The van der Waals surface area contributed by atoms with Crippen LogP contribution in [-0.4, -0.2) is 66.7 Å². The highest BCUT2D eigenvalue weighted by atomic mass is 16.3. The first-order chi connectivity index (χ1) is 15.5. The van der Waals surface area contributed by atoms with E-state index in [0.29, 0.717) is 32.6 Å². The van der Waals surface area contributed by atoms with E-state index in [9.17, 15) is 14.7 Å². The molecule has 7 heteroatoms. The zero-order valence-electron chi connectivity index (χ0n) is 18.7. The summed E-state index contributed by atoms with van der Waals surface area (Å²) in [6.45, 7) is 4.69. The predicted molar refractivity (Wildman–Crippen MR) is 125 cm³/mol. The van der Waals surface area contributed by atoms with Crippen LogP contribution in [0.4, 0.5) is 0 Å². The Hall–Kier alpha value is -2.74. The molecule has 0 spiro atoms. The molecule has 1 heterocycles. The number of piperazine rings is 1. The van der Waals surface area contributed by atoms with Crippen LogP contribution in [0.1, 0.15) is 23.6 Å². The number of hydrogen-bond donors (Lipinski definition) is 4. The molecule has 0 radical (unpaired) electrons. The molecular weight excluding hydrogens is 404 g/mol. The number of benzene rings is 2. The maximum absolute atomic E-state index is 12.7. The smallest absolute Gasteiger partial charge is 0.234 e. The van der Waals surface area contributed by atoms with Crippen molar-refractivity contribution in [2.75, 3.05) is 32.7 Å². The monoisotopic (exact) mass is 438 g/mol. The molecule has 1 saturated heterocycles. The van der Waals surface area contributed by atoms with Gasteiger partial charge in [0.05, 0.1) is 25.2 Å². The molecule has 1 aliphatic rings. The van der Waals surface area contributed by atoms with Crippen molar-refractivity contribution in [2.24, 2.45) is 0 Å². The fourth-order valence-electron chi connectivity index (χ4n) is 3.90. The van der Waals surface area contributed by atoms with E-state index in [1.165, 1.54) is 11.1 Å². The maximum atomic E-state index is 12.7. The molecule has 2 aromatic rings. The number of carbonyl (C=O) groups is 2. The van der Waals surface area contributed by atoms with Crippen molar-refractivity contribution < 1.29 is 14.7 Å². The highest BCUT2D eigenvalue weighted by molar-refractivity contribution is 5.82. The van der Waals surface area contributed by atoms with Crippen LogP contribution >= 0.6 is 0 Å². The Labute approximate surface area is 190 Å². The molecule has 32 heavy (non-hydrogen) atoms. The molecule has 172 valence electrons. The normalized spacial score (nSPS) is 16.2. The van der Waals surface area contributed by atoms with Crippen LogP contribution in [0.15, 0.2) is 54.6 Å². The number of carbonyl (C=O) groups excluding carboxylic acids is 2. The van der Waals surface area contributed by atoms with E-state index in [0.717, 1.165) is 12.0 Å². The Bertz CT molecular complexity index is 875. The largest absolute Gasteiger partial charge is 0.390 e. The summed E-state index contributed by atoms with van der Waals surface area (Å²) in [5, 5.41) is 20.0. The van der Waals surface area contributed by atoms with Gasteiger partial charge in [-0.2, -0.15) is 0 Å². The lowest BCUT2D eigenvalue weighted by molar-refractivity contribution is -0.127. The van der Waals surface area contributed by atoms with E-state index in [4.69, 9.17) is 0 Å². The third kappa shape index (κ3) is 7.75. The number of hydrogen-bond acceptors (Lipinski definition) is 5. The first-order valence-corrected chi connectivity index (χ1v) is 11.3. The molecule has 0 saturated carbocycles. The summed E-state index contributed by atoms with van der Waals surface area (Å²) >= 11 is 0. The number of amides is 2. The number of aryl methyl sites for hydroxylation is 1. The lowest BCUT2D eigenvalue weighted by Crippen LogP contribution is -2.54. The number of nitrogens with one attached hydrogen (secondary N) is 3. The van der Waals surface area contributed by atoms with Gasteiger partial charge < -0.3 is 21.1 Å². The van der Waals surface area contributed by atoms with E-state index in [2.05, 4.69) is 41.1 Å². The van der Waals surface area contributed by atoms with E-state index in [1.807, 2.05) is 41.3 Å². The Balaban J connectivity index is 1.56. The third-order valence-corrected chi connectivity index (χ3v) is 5.68. The Kier molecular flexibility index (Phi) is 9.22. The summed E-state index contributed by atoms with van der Waals surface area (Å²) in [5.41, 5.74) is 3.50. The molecule has 2 aromatic carbocycles. The van der Waals surface area contributed by atoms with E-state index < -0.39 is 12.1 Å². The topological polar surface area (TPSA) is 93.7 Å². The third-order valence-electron chi connectivity index (χ3n) is 5.68. The fourth-order valence-corrected chi connectivity index (χ4v) is 3.90. The second-order valence-corrected chi connectivity index (χ2v) is 8.30. The molecule has 0 aliphatic carbocycles. The van der Waals surface area contributed by atoms with Gasteiger partial charge in [-0.15, -0.1) is 0 Å². The summed E-state index contributed by atoms with van der Waals surface area (Å²) in [5.74, 6) is -0.253. The first kappa shape index (κ1) is 23.9. The molecule has 1 aliphatic heterocycles. The highest BCUT2D eigenvalue weighted by Gasteiger charge is 2.24. The van der Waals surface area contributed by atoms with Gasteiger partial charge in [-0.05, 0) is 29.5 Å². The van der Waals surface area contributed by atoms with Gasteiger partial charge in [0.25, 0.3) is 0 Å². The highest BCUT2D eigenvalue weighted by Crippen LogP contribution is 2.08. The van der Waals surface area contributed by atoms with Gasteiger partial charge in [-0.1, -0.05) is 61.5 Å². The molecule has 0 unspecified atom stereocenters. The van der Waals surface area contributed by atoms with Crippen LogP contribution in [-0.2, 0) is 29.0 Å². The van der Waals surface area contributed by atoms with Crippen LogP contribution in [0.2, 0.25) is 0 Å². The van der Waals surface area contributed by atoms with Crippen molar-refractivity contribution in [1.29, 1.82) is 0 Å². The summed E-state index contributed by atoms with van der Waals surface area (Å²) < 4.78 is 0. The Morgan fingerprint density at radius 1 is 1.12 bits per heavy atom. The molecule has 2 amide bonds. The SMILES string of the molecule is CCc1cccc(CNC[C@H](O)[C@H](Cc2ccccc2)NC(=O)CN2CCNC(=O)C2)c1. The minimum absolute atomic E-state index is 0.0683. The predicted octanol–water partition coefficient (Wildman–Crippen LogP) is 0.859. The molecule has 3 rings (SSSR count). The van der Waals surface area contributed by atoms with Gasteiger partial charge in [-0.25, -0.2) is 0 Å². The number of aliphatic hydroxyl groups excluding tert-OH is 1. The minimum Gasteiger partial charge on any atom is -0.390 e. The minimum atomic E-state index is -0.752. The van der Waals surface area contributed by atoms with Crippen LogP contribution < -0.4 is 16.0 Å². The van der Waals surface area contributed by atoms with Crippen molar-refractivity contribution in [3.8, 4) is 0 Å². The summed E-state index contributed by atoms with van der Waals surface area (Å²) in [6.07, 6.45) is 0.764. The lowest BCUT2D eigenvalue weighted by atomic mass is 10.0. The molecule has 4 N–H and O–H groups in total. The van der Waals surface area contributed by atoms with Crippen molar-refractivity contribution in [1.82, 2.24) is 20.9 Å². The van der Waals surface area contributed by atoms with Crippen molar-refractivity contribution in [3.63, 3.8) is 0 Å². The molecule has 0 aromatic heterocycles. The van der Waals surface area contributed by atoms with Gasteiger partial charge >= 0.3 is 0 Å². The molecular formula is C25H34N4O3. The van der Waals surface area contributed by atoms with Crippen LogP contribution in [0, 0.1) is 0 Å². The number of nitrogens with zero attached hydrogens (tertiary/aromatic N) is 1.